The van der Waals surface area contributed by atoms with E-state index in [4.69, 9.17) is 0 Å². The van der Waals surface area contributed by atoms with Crippen LogP contribution in [0.2, 0.25) is 0 Å². The first-order chi connectivity index (χ1) is 16.2. The van der Waals surface area contributed by atoms with E-state index in [0.29, 0.717) is 0 Å². The van der Waals surface area contributed by atoms with Crippen molar-refractivity contribution >= 4 is 65.6 Å². The minimum atomic E-state index is -4.76. The lowest BCUT2D eigenvalue weighted by Gasteiger charge is -2.12. The molecule has 0 unspecified atom stereocenters. The number of aromatic hydroxyl groups is 1. The number of rotatable bonds is 6. The number of amides is 2. The van der Waals surface area contributed by atoms with Crippen molar-refractivity contribution in [1.82, 2.24) is 0 Å². The maximum absolute atomic E-state index is 11.8. The number of carbonyl (C=O) groups is 2. The molecule has 0 aliphatic carbocycles. The highest BCUT2D eigenvalue weighted by Crippen LogP contribution is 2.41. The summed E-state index contributed by atoms with van der Waals surface area (Å²) in [4.78, 5) is 21.7. The highest BCUT2D eigenvalue weighted by atomic mass is 32.2. The molecule has 0 spiro atoms. The number of phenols is 1. The summed E-state index contributed by atoms with van der Waals surface area (Å²) >= 11 is 0. The molecule has 184 valence electrons. The molecule has 0 atom stereocenters. The molecule has 3 aromatic rings. The second-order valence-corrected chi connectivity index (χ2v) is 10.0. The molecule has 0 saturated heterocycles. The Morgan fingerprint density at radius 1 is 0.800 bits per heavy atom. The highest BCUT2D eigenvalue weighted by Gasteiger charge is 2.19. The number of azo groups is 1. The van der Waals surface area contributed by atoms with E-state index in [1.165, 1.54) is 31.2 Å². The molecule has 3 aromatic carbocycles. The van der Waals surface area contributed by atoms with Crippen LogP contribution in [0.15, 0.2) is 62.5 Å². The van der Waals surface area contributed by atoms with E-state index in [2.05, 4.69) is 20.9 Å². The van der Waals surface area contributed by atoms with Gasteiger partial charge in [0.2, 0.25) is 11.8 Å². The Bertz CT molecular complexity index is 1620. The van der Waals surface area contributed by atoms with E-state index in [1.54, 1.807) is 0 Å². The first kappa shape index (κ1) is 25.7. The van der Waals surface area contributed by atoms with Gasteiger partial charge >= 0.3 is 0 Å². The quantitative estimate of drug-likeness (QED) is 0.237. The number of phenolic OH excluding ortho intramolecular Hbond substituents is 1. The zero-order valence-electron chi connectivity index (χ0n) is 18.0. The van der Waals surface area contributed by atoms with Crippen LogP contribution >= 0.6 is 0 Å². The van der Waals surface area contributed by atoms with Crippen LogP contribution in [0.25, 0.3) is 10.8 Å². The van der Waals surface area contributed by atoms with Crippen LogP contribution in [-0.4, -0.2) is 42.9 Å². The number of hydrogen-bond acceptors (Lipinski definition) is 9. The number of carbonyl (C=O) groups excluding carboxylic acids is 2. The molecular formula is C20H18N4O9S2. The van der Waals surface area contributed by atoms with E-state index < -0.39 is 47.6 Å². The van der Waals surface area contributed by atoms with Crippen molar-refractivity contribution in [3.05, 3.63) is 42.5 Å². The SMILES string of the molecule is CC(=O)Nc1ccc(N=Nc2c(NC(C)=O)ccc3cc(S(=O)(=O)O)cc(O)c23)cc1S(=O)(=O)O. The first-order valence-electron chi connectivity index (χ1n) is 9.52. The fourth-order valence-electron chi connectivity index (χ4n) is 3.13. The molecule has 15 heteroatoms. The van der Waals surface area contributed by atoms with Crippen molar-refractivity contribution in [2.45, 2.75) is 23.6 Å². The summed E-state index contributed by atoms with van der Waals surface area (Å²) in [5.41, 5.74) is -0.324. The number of hydrogen-bond donors (Lipinski definition) is 5. The molecule has 0 aliphatic rings. The Balaban J connectivity index is 2.22. The van der Waals surface area contributed by atoms with E-state index in [1.807, 2.05) is 0 Å². The number of anilines is 2. The Morgan fingerprint density at radius 2 is 1.40 bits per heavy atom. The van der Waals surface area contributed by atoms with Crippen molar-refractivity contribution < 1.29 is 40.6 Å². The molecular weight excluding hydrogens is 504 g/mol. The zero-order valence-corrected chi connectivity index (χ0v) is 19.7. The number of nitrogens with zero attached hydrogens (tertiary/aromatic N) is 2. The Hall–Kier alpha value is -3.92. The fourth-order valence-corrected chi connectivity index (χ4v) is 4.33. The standard InChI is InChI=1S/C20H18N4O9S2/c1-10(25)21-15-6-4-13(8-18(15)35(31,32)33)23-24-20-16(22-11(2)26)5-3-12-7-14(34(28,29)30)9-17(27)19(12)20/h3-9,27H,1-2H3,(H,21,25)(H,22,26)(H,28,29,30)(H,31,32,33). The van der Waals surface area contributed by atoms with Gasteiger partial charge in [0, 0.05) is 19.9 Å². The average molecular weight is 523 g/mol. The maximum atomic E-state index is 11.8. The van der Waals surface area contributed by atoms with Gasteiger partial charge in [0.15, 0.2) is 0 Å². The van der Waals surface area contributed by atoms with Crippen LogP contribution in [0.3, 0.4) is 0 Å². The summed E-state index contributed by atoms with van der Waals surface area (Å²) in [5, 5.41) is 23.2. The molecule has 35 heavy (non-hydrogen) atoms. The van der Waals surface area contributed by atoms with Crippen molar-refractivity contribution in [1.29, 1.82) is 0 Å². The first-order valence-corrected chi connectivity index (χ1v) is 12.4. The molecule has 5 N–H and O–H groups in total. The Kier molecular flexibility index (Phi) is 6.89. The predicted molar refractivity (Wildman–Crippen MR) is 124 cm³/mol. The van der Waals surface area contributed by atoms with E-state index >= 15 is 0 Å². The molecule has 2 amide bonds. The molecule has 0 bridgehead atoms. The third-order valence-corrected chi connectivity index (χ3v) is 6.20. The van der Waals surface area contributed by atoms with Crippen LogP contribution in [0, 0.1) is 0 Å². The average Bonchev–Trinajstić information content (AvgIpc) is 2.71. The van der Waals surface area contributed by atoms with E-state index in [0.717, 1.165) is 25.1 Å². The second-order valence-electron chi connectivity index (χ2n) is 7.20. The highest BCUT2D eigenvalue weighted by molar-refractivity contribution is 7.86. The molecule has 0 aliphatic heterocycles. The fraction of sp³-hybridized carbons (Fsp3) is 0.100. The molecule has 0 heterocycles. The van der Waals surface area contributed by atoms with Crippen molar-refractivity contribution in [3.8, 4) is 5.75 Å². The number of fused-ring (bicyclic) bond motifs is 1. The summed E-state index contributed by atoms with van der Waals surface area (Å²) in [6, 6.07) is 7.97. The van der Waals surface area contributed by atoms with Gasteiger partial charge in [0.25, 0.3) is 20.2 Å². The molecule has 0 aromatic heterocycles. The van der Waals surface area contributed by atoms with Crippen LogP contribution in [0.5, 0.6) is 5.75 Å². The topological polar surface area (TPSA) is 212 Å². The number of nitrogens with one attached hydrogen (secondary N) is 2. The monoisotopic (exact) mass is 522 g/mol. The van der Waals surface area contributed by atoms with Crippen LogP contribution in [0.4, 0.5) is 22.7 Å². The van der Waals surface area contributed by atoms with Crippen molar-refractivity contribution in [2.24, 2.45) is 10.2 Å². The van der Waals surface area contributed by atoms with Crippen LogP contribution < -0.4 is 10.6 Å². The number of benzene rings is 3. The minimum absolute atomic E-state index is 0.0303. The lowest BCUT2D eigenvalue weighted by atomic mass is 10.1. The van der Waals surface area contributed by atoms with E-state index in [9.17, 15) is 40.6 Å². The zero-order chi connectivity index (χ0) is 26.1. The smallest absolute Gasteiger partial charge is 0.296 e. The Morgan fingerprint density at radius 3 is 1.97 bits per heavy atom. The van der Waals surface area contributed by atoms with Crippen molar-refractivity contribution in [2.75, 3.05) is 10.6 Å². The third-order valence-electron chi connectivity index (χ3n) is 4.47. The normalized spacial score (nSPS) is 12.1. The third kappa shape index (κ3) is 5.96. The lowest BCUT2D eigenvalue weighted by Crippen LogP contribution is -2.10. The molecule has 0 fully saturated rings. The minimum Gasteiger partial charge on any atom is -0.507 e. The maximum Gasteiger partial charge on any atom is 0.296 e. The van der Waals surface area contributed by atoms with Gasteiger partial charge in [0.05, 0.1) is 27.3 Å². The summed E-state index contributed by atoms with van der Waals surface area (Å²) in [6.07, 6.45) is 0. The summed E-state index contributed by atoms with van der Waals surface area (Å²) < 4.78 is 65.3. The van der Waals surface area contributed by atoms with Gasteiger partial charge in [-0.25, -0.2) is 0 Å². The van der Waals surface area contributed by atoms with Crippen LogP contribution in [0.1, 0.15) is 13.8 Å². The van der Waals surface area contributed by atoms with E-state index in [-0.39, 0.29) is 33.5 Å². The second kappa shape index (κ2) is 9.38. The molecule has 0 saturated carbocycles. The van der Waals surface area contributed by atoms with Gasteiger partial charge in [0.1, 0.15) is 16.3 Å². The lowest BCUT2D eigenvalue weighted by molar-refractivity contribution is -0.115. The van der Waals surface area contributed by atoms with Gasteiger partial charge in [-0.2, -0.15) is 21.9 Å². The molecule has 3 rings (SSSR count). The van der Waals surface area contributed by atoms with Gasteiger partial charge in [-0.3, -0.25) is 18.7 Å². The van der Waals surface area contributed by atoms with Crippen LogP contribution in [-0.2, 0) is 29.8 Å². The molecule has 0 radical (unpaired) electrons. The van der Waals surface area contributed by atoms with Gasteiger partial charge in [-0.05, 0) is 35.7 Å². The Labute approximate surface area is 199 Å². The summed E-state index contributed by atoms with van der Waals surface area (Å²) in [7, 11) is -9.40. The largest absolute Gasteiger partial charge is 0.507 e. The molecule has 13 nitrogen and oxygen atoms in total. The predicted octanol–water partition coefficient (Wildman–Crippen LogP) is 3.37. The van der Waals surface area contributed by atoms with Gasteiger partial charge < -0.3 is 15.7 Å². The van der Waals surface area contributed by atoms with Gasteiger partial charge in [-0.1, -0.05) is 6.07 Å². The summed E-state index contributed by atoms with van der Waals surface area (Å²) in [5.74, 6) is -1.68. The summed E-state index contributed by atoms with van der Waals surface area (Å²) in [6.45, 7) is 2.36. The van der Waals surface area contributed by atoms with Gasteiger partial charge in [-0.15, -0.1) is 5.11 Å². The van der Waals surface area contributed by atoms with Crippen molar-refractivity contribution in [3.63, 3.8) is 0 Å².